The molecule has 0 amide bonds. The van der Waals surface area contributed by atoms with Crippen LogP contribution in [0, 0.1) is 5.92 Å². The first-order valence-corrected chi connectivity index (χ1v) is 7.59. The second-order valence-electron chi connectivity index (χ2n) is 5.17. The summed E-state index contributed by atoms with van der Waals surface area (Å²) in [5.74, 6) is 0.416. The Balaban J connectivity index is 2.99. The lowest BCUT2D eigenvalue weighted by Gasteiger charge is -2.31. The molecule has 0 aliphatic heterocycles. The zero-order chi connectivity index (χ0) is 15.0. The molecule has 3 nitrogen and oxygen atoms in total. The number of hydrogen-bond donors (Lipinski definition) is 0. The van der Waals surface area contributed by atoms with E-state index in [9.17, 15) is 4.79 Å². The highest BCUT2D eigenvalue weighted by Crippen LogP contribution is 2.23. The van der Waals surface area contributed by atoms with E-state index < -0.39 is 0 Å². The lowest BCUT2D eigenvalue weighted by Crippen LogP contribution is -2.37. The Kier molecular flexibility index (Phi) is 7.31. The molecule has 2 unspecified atom stereocenters. The van der Waals surface area contributed by atoms with E-state index in [1.807, 2.05) is 37.3 Å². The monoisotopic (exact) mass is 277 g/mol. The van der Waals surface area contributed by atoms with Gasteiger partial charge in [-0.05, 0) is 24.9 Å². The number of benzene rings is 1. The van der Waals surface area contributed by atoms with Gasteiger partial charge in [-0.25, -0.2) is 4.79 Å². The fourth-order valence-corrected chi connectivity index (χ4v) is 2.30. The van der Waals surface area contributed by atoms with Gasteiger partial charge in [-0.15, -0.1) is 0 Å². The van der Waals surface area contributed by atoms with Crippen LogP contribution in [0.15, 0.2) is 30.3 Å². The van der Waals surface area contributed by atoms with Crippen molar-refractivity contribution in [1.82, 2.24) is 4.90 Å². The van der Waals surface area contributed by atoms with Gasteiger partial charge in [0, 0.05) is 6.54 Å². The van der Waals surface area contributed by atoms with E-state index in [0.29, 0.717) is 12.5 Å². The molecule has 112 valence electrons. The molecule has 1 aromatic rings. The van der Waals surface area contributed by atoms with Gasteiger partial charge in [0.05, 0.1) is 6.61 Å². The van der Waals surface area contributed by atoms with Gasteiger partial charge in [-0.2, -0.15) is 0 Å². The Morgan fingerprint density at radius 1 is 1.20 bits per heavy atom. The molecule has 0 radical (unpaired) electrons. The molecule has 0 bridgehead atoms. The molecule has 3 heteroatoms. The van der Waals surface area contributed by atoms with Crippen molar-refractivity contribution in [2.45, 2.75) is 40.2 Å². The summed E-state index contributed by atoms with van der Waals surface area (Å²) < 4.78 is 5.28. The third-order valence-corrected chi connectivity index (χ3v) is 3.64. The van der Waals surface area contributed by atoms with Crippen LogP contribution in [0.3, 0.4) is 0 Å². The molecule has 0 saturated carbocycles. The minimum atomic E-state index is -0.296. The summed E-state index contributed by atoms with van der Waals surface area (Å²) in [5, 5.41) is 0. The molecule has 20 heavy (non-hydrogen) atoms. The van der Waals surface area contributed by atoms with E-state index in [-0.39, 0.29) is 12.0 Å². The van der Waals surface area contributed by atoms with E-state index >= 15 is 0 Å². The average Bonchev–Trinajstić information content (AvgIpc) is 2.47. The highest BCUT2D eigenvalue weighted by molar-refractivity contribution is 5.77. The van der Waals surface area contributed by atoms with Gasteiger partial charge in [0.25, 0.3) is 0 Å². The Bertz CT molecular complexity index is 391. The quantitative estimate of drug-likeness (QED) is 0.679. The molecule has 2 atom stereocenters. The molecule has 1 aromatic carbocycles. The van der Waals surface area contributed by atoms with Crippen LogP contribution in [0.2, 0.25) is 0 Å². The van der Waals surface area contributed by atoms with E-state index in [0.717, 1.165) is 25.1 Å². The maximum absolute atomic E-state index is 12.3. The number of rotatable bonds is 8. The van der Waals surface area contributed by atoms with Crippen molar-refractivity contribution in [3.8, 4) is 0 Å². The fraction of sp³-hybridized carbons (Fsp3) is 0.588. The van der Waals surface area contributed by atoms with Gasteiger partial charge in [-0.3, -0.25) is 4.90 Å². The summed E-state index contributed by atoms with van der Waals surface area (Å²) in [5.41, 5.74) is 1.01. The zero-order valence-corrected chi connectivity index (χ0v) is 13.1. The lowest BCUT2D eigenvalue weighted by atomic mass is 10.0. The van der Waals surface area contributed by atoms with Crippen molar-refractivity contribution in [2.24, 2.45) is 5.92 Å². The first-order chi connectivity index (χ1) is 9.63. The smallest absolute Gasteiger partial charge is 0.327 e. The molecule has 0 aliphatic carbocycles. The molecule has 0 fully saturated rings. The summed E-state index contributed by atoms with van der Waals surface area (Å²) >= 11 is 0. The number of ether oxygens (including phenoxy) is 1. The number of carbonyl (C=O) groups is 1. The predicted molar refractivity (Wildman–Crippen MR) is 82.5 cm³/mol. The Morgan fingerprint density at radius 3 is 2.35 bits per heavy atom. The second-order valence-corrected chi connectivity index (χ2v) is 5.17. The van der Waals surface area contributed by atoms with E-state index in [4.69, 9.17) is 4.74 Å². The Labute approximate surface area is 122 Å². The lowest BCUT2D eigenvalue weighted by molar-refractivity contribution is -0.150. The van der Waals surface area contributed by atoms with Gasteiger partial charge < -0.3 is 4.74 Å². The minimum absolute atomic E-state index is 0.149. The van der Waals surface area contributed by atoms with E-state index in [1.54, 1.807) is 0 Å². The van der Waals surface area contributed by atoms with Crippen molar-refractivity contribution in [1.29, 1.82) is 0 Å². The van der Waals surface area contributed by atoms with Crippen molar-refractivity contribution in [2.75, 3.05) is 19.7 Å². The zero-order valence-electron chi connectivity index (χ0n) is 13.1. The van der Waals surface area contributed by atoms with Crippen LogP contribution >= 0.6 is 0 Å². The van der Waals surface area contributed by atoms with Crippen LogP contribution in [-0.2, 0) is 9.53 Å². The number of hydrogen-bond acceptors (Lipinski definition) is 3. The maximum atomic E-state index is 12.3. The fourth-order valence-electron chi connectivity index (χ4n) is 2.30. The summed E-state index contributed by atoms with van der Waals surface area (Å²) in [6.45, 7) is 10.5. The largest absolute Gasteiger partial charge is 0.465 e. The number of nitrogens with zero attached hydrogens (tertiary/aromatic N) is 1. The van der Waals surface area contributed by atoms with Crippen molar-refractivity contribution in [3.05, 3.63) is 35.9 Å². The van der Waals surface area contributed by atoms with Crippen LogP contribution in [0.25, 0.3) is 0 Å². The summed E-state index contributed by atoms with van der Waals surface area (Å²) in [6.07, 6.45) is 1.11. The normalized spacial score (nSPS) is 14.1. The molecule has 0 aliphatic rings. The van der Waals surface area contributed by atoms with Gasteiger partial charge in [0.15, 0.2) is 0 Å². The van der Waals surface area contributed by atoms with E-state index in [1.165, 1.54) is 0 Å². The standard InChI is InChI=1S/C17H27NO2/c1-5-14(4)13-18(6-2)16(17(19)20-7-3)15-11-9-8-10-12-15/h8-12,14,16H,5-7,13H2,1-4H3. The third-order valence-electron chi connectivity index (χ3n) is 3.64. The summed E-state index contributed by atoms with van der Waals surface area (Å²) in [7, 11) is 0. The highest BCUT2D eigenvalue weighted by Gasteiger charge is 2.28. The SMILES string of the molecule is CCOC(=O)C(c1ccccc1)N(CC)CC(C)CC. The molecule has 0 spiro atoms. The van der Waals surface area contributed by atoms with Crippen LogP contribution in [0.5, 0.6) is 0 Å². The van der Waals surface area contributed by atoms with Crippen LogP contribution < -0.4 is 0 Å². The maximum Gasteiger partial charge on any atom is 0.327 e. The molecule has 0 aromatic heterocycles. The Morgan fingerprint density at radius 2 is 1.85 bits per heavy atom. The molecule has 0 heterocycles. The molecule has 0 saturated heterocycles. The first kappa shape index (κ1) is 16.7. The number of likely N-dealkylation sites (N-methyl/N-ethyl adjacent to an activating group) is 1. The average molecular weight is 277 g/mol. The Hall–Kier alpha value is -1.35. The van der Waals surface area contributed by atoms with Crippen molar-refractivity contribution in [3.63, 3.8) is 0 Å². The van der Waals surface area contributed by atoms with Gasteiger partial charge >= 0.3 is 5.97 Å². The van der Waals surface area contributed by atoms with Crippen LogP contribution in [-0.4, -0.2) is 30.6 Å². The van der Waals surface area contributed by atoms with Crippen LogP contribution in [0.1, 0.15) is 45.7 Å². The third kappa shape index (κ3) is 4.64. The molecular weight excluding hydrogens is 250 g/mol. The summed E-state index contributed by atoms with van der Waals surface area (Å²) in [4.78, 5) is 14.6. The van der Waals surface area contributed by atoms with Gasteiger partial charge in [0.2, 0.25) is 0 Å². The molecule has 1 rings (SSSR count). The topological polar surface area (TPSA) is 29.5 Å². The van der Waals surface area contributed by atoms with Crippen molar-refractivity contribution >= 4 is 5.97 Å². The number of esters is 1. The number of carbonyl (C=O) groups excluding carboxylic acids is 1. The highest BCUT2D eigenvalue weighted by atomic mass is 16.5. The van der Waals surface area contributed by atoms with Gasteiger partial charge in [-0.1, -0.05) is 57.5 Å². The van der Waals surface area contributed by atoms with Crippen LogP contribution in [0.4, 0.5) is 0 Å². The first-order valence-electron chi connectivity index (χ1n) is 7.59. The minimum Gasteiger partial charge on any atom is -0.465 e. The van der Waals surface area contributed by atoms with Crippen molar-refractivity contribution < 1.29 is 9.53 Å². The predicted octanol–water partition coefficient (Wildman–Crippen LogP) is 3.66. The summed E-state index contributed by atoms with van der Waals surface area (Å²) in [6, 6.07) is 9.62. The van der Waals surface area contributed by atoms with E-state index in [2.05, 4.69) is 25.7 Å². The second kappa shape index (κ2) is 8.75. The molecule has 0 N–H and O–H groups in total. The molecular formula is C17H27NO2. The van der Waals surface area contributed by atoms with Gasteiger partial charge in [0.1, 0.15) is 6.04 Å².